The van der Waals surface area contributed by atoms with Crippen LogP contribution in [-0.2, 0) is 4.79 Å². The molecule has 8 heavy (non-hydrogen) atoms. The van der Waals surface area contributed by atoms with E-state index in [2.05, 4.69) is 5.32 Å². The van der Waals surface area contributed by atoms with E-state index in [-0.39, 0.29) is 5.92 Å². The summed E-state index contributed by atoms with van der Waals surface area (Å²) in [6.07, 6.45) is 0.662. The molecular formula is C5H8FNO. The van der Waals surface area contributed by atoms with Gasteiger partial charge in [0.1, 0.15) is 0 Å². The summed E-state index contributed by atoms with van der Waals surface area (Å²) in [7, 11) is 0. The van der Waals surface area contributed by atoms with Crippen molar-refractivity contribution in [3.05, 3.63) is 0 Å². The van der Waals surface area contributed by atoms with Crippen molar-refractivity contribution in [1.29, 1.82) is 0 Å². The van der Waals surface area contributed by atoms with Gasteiger partial charge in [-0.2, -0.15) is 4.39 Å². The first-order chi connectivity index (χ1) is 3.80. The van der Waals surface area contributed by atoms with E-state index < -0.39 is 6.04 Å². The SMILES string of the molecule is O=C(F)C1CCNC1. The molecule has 3 heteroatoms. The highest BCUT2D eigenvalue weighted by Crippen LogP contribution is 2.08. The van der Waals surface area contributed by atoms with Crippen LogP contribution in [0.4, 0.5) is 4.39 Å². The lowest BCUT2D eigenvalue weighted by atomic mass is 10.1. The van der Waals surface area contributed by atoms with Crippen LogP contribution in [0.1, 0.15) is 6.42 Å². The van der Waals surface area contributed by atoms with E-state index in [1.54, 1.807) is 0 Å². The average molecular weight is 117 g/mol. The van der Waals surface area contributed by atoms with E-state index in [9.17, 15) is 9.18 Å². The molecule has 0 aromatic heterocycles. The summed E-state index contributed by atoms with van der Waals surface area (Å²) >= 11 is 0. The molecule has 46 valence electrons. The van der Waals surface area contributed by atoms with E-state index in [4.69, 9.17) is 0 Å². The zero-order valence-electron chi connectivity index (χ0n) is 4.48. The van der Waals surface area contributed by atoms with Crippen molar-refractivity contribution < 1.29 is 9.18 Å². The molecule has 0 bridgehead atoms. The molecule has 1 aliphatic rings. The lowest BCUT2D eigenvalue weighted by Gasteiger charge is -1.94. The molecule has 0 spiro atoms. The second-order valence-corrected chi connectivity index (χ2v) is 1.99. The summed E-state index contributed by atoms with van der Waals surface area (Å²) in [6, 6.07) is -1.17. The van der Waals surface area contributed by atoms with Crippen LogP contribution in [0.3, 0.4) is 0 Å². The molecule has 1 unspecified atom stereocenters. The summed E-state index contributed by atoms with van der Waals surface area (Å²) < 4.78 is 11.7. The Morgan fingerprint density at radius 1 is 1.75 bits per heavy atom. The molecule has 1 atom stereocenters. The molecule has 1 aliphatic heterocycles. The van der Waals surface area contributed by atoms with Crippen molar-refractivity contribution in [3.63, 3.8) is 0 Å². The van der Waals surface area contributed by atoms with Gasteiger partial charge in [0.05, 0.1) is 5.92 Å². The van der Waals surface area contributed by atoms with Gasteiger partial charge in [-0.3, -0.25) is 4.79 Å². The van der Waals surface area contributed by atoms with E-state index >= 15 is 0 Å². The van der Waals surface area contributed by atoms with Crippen LogP contribution in [-0.4, -0.2) is 19.1 Å². The van der Waals surface area contributed by atoms with Gasteiger partial charge >= 0.3 is 6.04 Å². The minimum Gasteiger partial charge on any atom is -0.316 e. The predicted molar refractivity (Wildman–Crippen MR) is 27.1 cm³/mol. The van der Waals surface area contributed by atoms with Crippen LogP contribution in [0, 0.1) is 5.92 Å². The summed E-state index contributed by atoms with van der Waals surface area (Å²) in [6.45, 7) is 1.30. The third-order valence-corrected chi connectivity index (χ3v) is 1.38. The molecule has 0 aliphatic carbocycles. The molecule has 1 heterocycles. The maximum absolute atomic E-state index is 11.7. The quantitative estimate of drug-likeness (QED) is 0.493. The van der Waals surface area contributed by atoms with Gasteiger partial charge in [0.25, 0.3) is 0 Å². The van der Waals surface area contributed by atoms with Crippen molar-refractivity contribution in [2.24, 2.45) is 5.92 Å². The summed E-state index contributed by atoms with van der Waals surface area (Å²) in [4.78, 5) is 9.94. The molecule has 1 fully saturated rings. The fourth-order valence-electron chi connectivity index (χ4n) is 0.848. The number of hydrogen-bond acceptors (Lipinski definition) is 2. The molecule has 0 radical (unpaired) electrons. The maximum Gasteiger partial charge on any atom is 0.305 e. The van der Waals surface area contributed by atoms with Gasteiger partial charge in [0.15, 0.2) is 0 Å². The Morgan fingerprint density at radius 3 is 2.75 bits per heavy atom. The largest absolute Gasteiger partial charge is 0.316 e. The highest BCUT2D eigenvalue weighted by Gasteiger charge is 2.21. The molecule has 0 aromatic rings. The van der Waals surface area contributed by atoms with Crippen LogP contribution in [0.5, 0.6) is 0 Å². The van der Waals surface area contributed by atoms with Gasteiger partial charge in [0, 0.05) is 6.54 Å². The van der Waals surface area contributed by atoms with Crippen LogP contribution in [0.25, 0.3) is 0 Å². The van der Waals surface area contributed by atoms with Crippen molar-refractivity contribution in [3.8, 4) is 0 Å². The van der Waals surface area contributed by atoms with Gasteiger partial charge < -0.3 is 5.32 Å². The van der Waals surface area contributed by atoms with E-state index in [0.717, 1.165) is 6.54 Å². The van der Waals surface area contributed by atoms with Gasteiger partial charge in [-0.1, -0.05) is 0 Å². The van der Waals surface area contributed by atoms with Crippen molar-refractivity contribution in [1.82, 2.24) is 5.32 Å². The second-order valence-electron chi connectivity index (χ2n) is 1.99. The predicted octanol–water partition coefficient (Wildman–Crippen LogP) is 0.0920. The van der Waals surface area contributed by atoms with Gasteiger partial charge in [-0.15, -0.1) is 0 Å². The molecular weight excluding hydrogens is 109 g/mol. The van der Waals surface area contributed by atoms with Crippen LogP contribution in [0.2, 0.25) is 0 Å². The van der Waals surface area contributed by atoms with Crippen LogP contribution < -0.4 is 5.32 Å². The third kappa shape index (κ3) is 1.04. The summed E-state index contributed by atoms with van der Waals surface area (Å²) in [5.41, 5.74) is 0. The molecule has 0 saturated carbocycles. The molecule has 0 amide bonds. The highest BCUT2D eigenvalue weighted by molar-refractivity contribution is 5.71. The Bertz CT molecular complexity index is 98.6. The van der Waals surface area contributed by atoms with Gasteiger partial charge in [0.2, 0.25) is 0 Å². The Hall–Kier alpha value is -0.440. The van der Waals surface area contributed by atoms with E-state index in [1.807, 2.05) is 0 Å². The zero-order chi connectivity index (χ0) is 5.98. The number of halogens is 1. The Labute approximate surface area is 47.1 Å². The zero-order valence-corrected chi connectivity index (χ0v) is 4.48. The number of rotatable bonds is 1. The number of carbonyl (C=O) groups is 1. The Morgan fingerprint density at radius 2 is 2.50 bits per heavy atom. The summed E-state index contributed by atoms with van der Waals surface area (Å²) in [5, 5.41) is 2.89. The van der Waals surface area contributed by atoms with Crippen molar-refractivity contribution in [2.75, 3.05) is 13.1 Å². The van der Waals surface area contributed by atoms with E-state index in [0.29, 0.717) is 13.0 Å². The number of carbonyl (C=O) groups excluding carboxylic acids is 1. The fraction of sp³-hybridized carbons (Fsp3) is 0.800. The lowest BCUT2D eigenvalue weighted by molar-refractivity contribution is -0.132. The molecule has 1 saturated heterocycles. The maximum atomic E-state index is 11.7. The van der Waals surface area contributed by atoms with Gasteiger partial charge in [-0.25, -0.2) is 0 Å². The monoisotopic (exact) mass is 117 g/mol. The average Bonchev–Trinajstić information content (AvgIpc) is 2.12. The molecule has 1 rings (SSSR count). The smallest absolute Gasteiger partial charge is 0.305 e. The topological polar surface area (TPSA) is 29.1 Å². The Kier molecular flexibility index (Phi) is 1.58. The van der Waals surface area contributed by atoms with Crippen LogP contribution in [0.15, 0.2) is 0 Å². The minimum atomic E-state index is -1.17. The number of hydrogen-bond donors (Lipinski definition) is 1. The van der Waals surface area contributed by atoms with Gasteiger partial charge in [-0.05, 0) is 13.0 Å². The lowest BCUT2D eigenvalue weighted by Crippen LogP contribution is -2.13. The van der Waals surface area contributed by atoms with Crippen LogP contribution >= 0.6 is 0 Å². The molecule has 0 aromatic carbocycles. The number of nitrogens with one attached hydrogen (secondary N) is 1. The first-order valence-corrected chi connectivity index (χ1v) is 2.71. The summed E-state index contributed by atoms with van der Waals surface area (Å²) in [5.74, 6) is -0.352. The first kappa shape index (κ1) is 5.69. The molecule has 1 N–H and O–H groups in total. The first-order valence-electron chi connectivity index (χ1n) is 2.71. The highest BCUT2D eigenvalue weighted by atomic mass is 19.1. The Balaban J connectivity index is 2.35. The van der Waals surface area contributed by atoms with Crippen molar-refractivity contribution >= 4 is 6.04 Å². The van der Waals surface area contributed by atoms with E-state index in [1.165, 1.54) is 0 Å². The molecule has 2 nitrogen and oxygen atoms in total. The fourth-order valence-corrected chi connectivity index (χ4v) is 0.848. The minimum absolute atomic E-state index is 0.352. The third-order valence-electron chi connectivity index (χ3n) is 1.38. The normalized spacial score (nSPS) is 28.4. The standard InChI is InChI=1S/C5H8FNO/c6-5(8)4-1-2-7-3-4/h4,7H,1-3H2. The van der Waals surface area contributed by atoms with Crippen molar-refractivity contribution in [2.45, 2.75) is 6.42 Å². The second kappa shape index (κ2) is 2.22.